The fourth-order valence-electron chi connectivity index (χ4n) is 2.56. The number of amides is 2. The van der Waals surface area contributed by atoms with Crippen LogP contribution in [0.5, 0.6) is 5.75 Å². The molecule has 0 saturated heterocycles. The van der Waals surface area contributed by atoms with Gasteiger partial charge in [-0.25, -0.2) is 0 Å². The third-order valence-corrected chi connectivity index (χ3v) is 4.44. The molecule has 0 unspecified atom stereocenters. The molecule has 0 radical (unpaired) electrons. The lowest BCUT2D eigenvalue weighted by molar-refractivity contribution is -0.123. The molecule has 3 rings (SSSR count). The maximum Gasteiger partial charge on any atom is 0.305 e. The Kier molecular flexibility index (Phi) is 6.19. The van der Waals surface area contributed by atoms with Gasteiger partial charge >= 0.3 is 5.91 Å². The van der Waals surface area contributed by atoms with Crippen LogP contribution in [0.4, 0.5) is 0 Å². The van der Waals surface area contributed by atoms with Crippen molar-refractivity contribution < 1.29 is 18.7 Å². The third-order valence-electron chi connectivity index (χ3n) is 3.86. The number of para-hydroxylation sites is 1. The number of nitriles is 1. The second kappa shape index (κ2) is 8.97. The minimum atomic E-state index is -0.535. The van der Waals surface area contributed by atoms with Crippen LogP contribution in [0.2, 0.25) is 0 Å². The Hall–Kier alpha value is -3.44. The average Bonchev–Trinajstić information content (AvgIpc) is 3.10. The van der Waals surface area contributed by atoms with Crippen molar-refractivity contribution in [1.82, 2.24) is 10.9 Å². The molecule has 0 spiro atoms. The maximum atomic E-state index is 12.5. The number of hydrazine groups is 1. The predicted molar refractivity (Wildman–Crippen MR) is 106 cm³/mol. The van der Waals surface area contributed by atoms with Gasteiger partial charge in [0.2, 0.25) is 0 Å². The van der Waals surface area contributed by atoms with Crippen molar-refractivity contribution in [3.63, 3.8) is 0 Å². The summed E-state index contributed by atoms with van der Waals surface area (Å²) in [6, 6.07) is 15.8. The van der Waals surface area contributed by atoms with E-state index in [0.29, 0.717) is 22.6 Å². The fourth-order valence-corrected chi connectivity index (χ4v) is 3.14. The average molecular weight is 395 g/mol. The van der Waals surface area contributed by atoms with Crippen LogP contribution >= 0.6 is 11.8 Å². The Balaban J connectivity index is 1.59. The van der Waals surface area contributed by atoms with E-state index < -0.39 is 11.8 Å². The smallest absolute Gasteiger partial charge is 0.305 e. The van der Waals surface area contributed by atoms with Crippen molar-refractivity contribution >= 4 is 34.5 Å². The molecule has 0 atom stereocenters. The summed E-state index contributed by atoms with van der Waals surface area (Å²) in [5, 5.41) is 9.63. The van der Waals surface area contributed by atoms with Crippen molar-refractivity contribution in [3.05, 3.63) is 65.4 Å². The number of benzene rings is 2. The van der Waals surface area contributed by atoms with Gasteiger partial charge in [0.15, 0.2) is 12.4 Å². The predicted octanol–water partition coefficient (Wildman–Crippen LogP) is 3.01. The van der Waals surface area contributed by atoms with Gasteiger partial charge in [-0.15, -0.1) is 0 Å². The van der Waals surface area contributed by atoms with E-state index in [-0.39, 0.29) is 12.4 Å². The summed E-state index contributed by atoms with van der Waals surface area (Å²) < 4.78 is 11.0. The number of nitrogens with zero attached hydrogens (tertiary/aromatic N) is 1. The van der Waals surface area contributed by atoms with Crippen molar-refractivity contribution in [3.8, 4) is 11.8 Å². The molecule has 7 nitrogen and oxygen atoms in total. The highest BCUT2D eigenvalue weighted by Crippen LogP contribution is 2.28. The first-order valence-electron chi connectivity index (χ1n) is 8.34. The van der Waals surface area contributed by atoms with Gasteiger partial charge in [0.25, 0.3) is 5.91 Å². The van der Waals surface area contributed by atoms with Crippen LogP contribution in [0.15, 0.2) is 52.9 Å². The van der Waals surface area contributed by atoms with Crippen molar-refractivity contribution in [2.45, 2.75) is 5.75 Å². The molecule has 0 saturated carbocycles. The summed E-state index contributed by atoms with van der Waals surface area (Å²) in [5.41, 5.74) is 6.55. The molecule has 142 valence electrons. The van der Waals surface area contributed by atoms with Crippen molar-refractivity contribution in [2.24, 2.45) is 0 Å². The maximum absolute atomic E-state index is 12.5. The Morgan fingerprint density at radius 1 is 1.14 bits per heavy atom. The summed E-state index contributed by atoms with van der Waals surface area (Å²) in [4.78, 5) is 24.4. The summed E-state index contributed by atoms with van der Waals surface area (Å²) >= 11 is 1.57. The normalized spacial score (nSPS) is 10.3. The highest BCUT2D eigenvalue weighted by atomic mass is 32.2. The second-order valence-electron chi connectivity index (χ2n) is 5.77. The van der Waals surface area contributed by atoms with Crippen LogP contribution in [0, 0.1) is 11.3 Å². The standard InChI is InChI=1S/C20H17N3O4S/c1-28-12-16-15-4-2-3-5-17(15)27-19(16)20(25)23-22-18(24)11-26-14-8-6-13(10-21)7-9-14/h2-9H,11-12H2,1H3,(H,22,24)(H,23,25). The lowest BCUT2D eigenvalue weighted by atomic mass is 10.1. The number of carbonyl (C=O) groups is 2. The summed E-state index contributed by atoms with van der Waals surface area (Å²) in [5.74, 6) is 0.159. The highest BCUT2D eigenvalue weighted by molar-refractivity contribution is 7.97. The highest BCUT2D eigenvalue weighted by Gasteiger charge is 2.20. The first-order chi connectivity index (χ1) is 13.6. The van der Waals surface area contributed by atoms with Crippen molar-refractivity contribution in [2.75, 3.05) is 12.9 Å². The molecule has 8 heteroatoms. The Morgan fingerprint density at radius 2 is 1.89 bits per heavy atom. The first-order valence-corrected chi connectivity index (χ1v) is 9.73. The number of furan rings is 1. The van der Waals surface area contributed by atoms with E-state index in [1.54, 1.807) is 42.1 Å². The zero-order chi connectivity index (χ0) is 19.9. The minimum Gasteiger partial charge on any atom is -0.484 e. The number of thioether (sulfide) groups is 1. The molecule has 0 fully saturated rings. The molecule has 1 heterocycles. The van der Waals surface area contributed by atoms with E-state index in [1.807, 2.05) is 30.5 Å². The lowest BCUT2D eigenvalue weighted by Crippen LogP contribution is -2.44. The van der Waals surface area contributed by atoms with Gasteiger partial charge in [-0.3, -0.25) is 20.4 Å². The van der Waals surface area contributed by atoms with Crippen molar-refractivity contribution in [1.29, 1.82) is 5.26 Å². The number of nitrogens with one attached hydrogen (secondary N) is 2. The van der Waals surface area contributed by atoms with Gasteiger partial charge in [0.1, 0.15) is 11.3 Å². The molecule has 0 aliphatic rings. The van der Waals surface area contributed by atoms with Crippen LogP contribution < -0.4 is 15.6 Å². The number of carbonyl (C=O) groups excluding carboxylic acids is 2. The zero-order valence-corrected chi connectivity index (χ0v) is 15.8. The van der Waals surface area contributed by atoms with E-state index in [2.05, 4.69) is 10.9 Å². The lowest BCUT2D eigenvalue weighted by Gasteiger charge is -2.08. The largest absolute Gasteiger partial charge is 0.484 e. The quantitative estimate of drug-likeness (QED) is 0.622. The van der Waals surface area contributed by atoms with Gasteiger partial charge < -0.3 is 9.15 Å². The molecule has 1 aromatic heterocycles. The first kappa shape index (κ1) is 19.3. The van der Waals surface area contributed by atoms with E-state index in [0.717, 1.165) is 10.9 Å². The molecule has 28 heavy (non-hydrogen) atoms. The van der Waals surface area contributed by atoms with Crippen LogP contribution in [0.25, 0.3) is 11.0 Å². The van der Waals surface area contributed by atoms with E-state index in [9.17, 15) is 9.59 Å². The van der Waals surface area contributed by atoms with Gasteiger partial charge in [0.05, 0.1) is 11.6 Å². The monoisotopic (exact) mass is 395 g/mol. The number of fused-ring (bicyclic) bond motifs is 1. The summed E-state index contributed by atoms with van der Waals surface area (Å²) in [6.07, 6.45) is 1.94. The van der Waals surface area contributed by atoms with E-state index >= 15 is 0 Å². The molecule has 2 N–H and O–H groups in total. The molecule has 0 aliphatic carbocycles. The third kappa shape index (κ3) is 4.45. The number of ether oxygens (including phenoxy) is 1. The van der Waals surface area contributed by atoms with Crippen LogP contribution in [0.3, 0.4) is 0 Å². The topological polar surface area (TPSA) is 104 Å². The molecular formula is C20H17N3O4S. The fraction of sp³-hybridized carbons (Fsp3) is 0.150. The van der Waals surface area contributed by atoms with Gasteiger partial charge in [0, 0.05) is 16.7 Å². The Bertz CT molecular complexity index is 1040. The Morgan fingerprint density at radius 3 is 2.61 bits per heavy atom. The molecule has 0 bridgehead atoms. The van der Waals surface area contributed by atoms with Gasteiger partial charge in [-0.05, 0) is 36.6 Å². The SMILES string of the molecule is CSCc1c(C(=O)NNC(=O)COc2ccc(C#N)cc2)oc2ccccc12. The van der Waals surface area contributed by atoms with E-state index in [1.165, 1.54) is 0 Å². The molecule has 2 amide bonds. The second-order valence-corrected chi connectivity index (χ2v) is 6.63. The number of hydrogen-bond acceptors (Lipinski definition) is 6. The molecule has 0 aliphatic heterocycles. The number of hydrogen-bond donors (Lipinski definition) is 2. The summed E-state index contributed by atoms with van der Waals surface area (Å²) in [6.45, 7) is -0.288. The van der Waals surface area contributed by atoms with Gasteiger partial charge in [-0.1, -0.05) is 18.2 Å². The van der Waals surface area contributed by atoms with E-state index in [4.69, 9.17) is 14.4 Å². The molecule has 3 aromatic rings. The Labute approximate surface area is 165 Å². The minimum absolute atomic E-state index is 0.170. The number of rotatable bonds is 6. The molecular weight excluding hydrogens is 378 g/mol. The van der Waals surface area contributed by atoms with Gasteiger partial charge in [-0.2, -0.15) is 17.0 Å². The molecule has 2 aromatic carbocycles. The van der Waals surface area contributed by atoms with Crippen LogP contribution in [0.1, 0.15) is 21.7 Å². The van der Waals surface area contributed by atoms with Crippen LogP contribution in [-0.2, 0) is 10.5 Å². The van der Waals surface area contributed by atoms with Crippen LogP contribution in [-0.4, -0.2) is 24.7 Å². The summed E-state index contributed by atoms with van der Waals surface area (Å²) in [7, 11) is 0. The zero-order valence-electron chi connectivity index (χ0n) is 15.0.